The molecule has 0 spiro atoms. The molecule has 2 aliphatic rings. The number of methoxy groups -OCH3 is 1. The molecule has 18 heavy (non-hydrogen) atoms. The molecule has 0 aromatic heterocycles. The van der Waals surface area contributed by atoms with Crippen LogP contribution in [0.1, 0.15) is 24.0 Å². The van der Waals surface area contributed by atoms with Gasteiger partial charge in [-0.3, -0.25) is 4.79 Å². The molecule has 96 valence electrons. The normalized spacial score (nSPS) is 18.6. The molecule has 1 saturated carbocycles. The van der Waals surface area contributed by atoms with E-state index in [1.807, 2.05) is 19.1 Å². The Morgan fingerprint density at radius 2 is 2.00 bits per heavy atom. The Kier molecular flexibility index (Phi) is 2.47. The van der Waals surface area contributed by atoms with Gasteiger partial charge in [0.25, 0.3) is 0 Å². The summed E-state index contributed by atoms with van der Waals surface area (Å²) >= 11 is 0. The van der Waals surface area contributed by atoms with E-state index in [2.05, 4.69) is 0 Å². The van der Waals surface area contributed by atoms with E-state index in [9.17, 15) is 4.79 Å². The Balaban J connectivity index is 1.87. The van der Waals surface area contributed by atoms with Gasteiger partial charge in [-0.2, -0.15) is 0 Å². The number of esters is 1. The standard InChI is InChI=1S/C14H16O4/c1-9-5-11-12(18-8-17-11)6-10(9)7-14(3-4-14)13(15)16-2/h5-6H,3-4,7-8H2,1-2H3. The minimum absolute atomic E-state index is 0.0976. The summed E-state index contributed by atoms with van der Waals surface area (Å²) in [4.78, 5) is 11.8. The third-order valence-electron chi connectivity index (χ3n) is 3.83. The lowest BCUT2D eigenvalue weighted by Gasteiger charge is -2.14. The first-order valence-electron chi connectivity index (χ1n) is 6.12. The number of carbonyl (C=O) groups is 1. The van der Waals surface area contributed by atoms with E-state index < -0.39 is 0 Å². The number of fused-ring (bicyclic) bond motifs is 1. The zero-order chi connectivity index (χ0) is 12.8. The van der Waals surface area contributed by atoms with Gasteiger partial charge in [0.1, 0.15) is 0 Å². The van der Waals surface area contributed by atoms with Gasteiger partial charge in [0, 0.05) is 0 Å². The molecule has 1 aliphatic carbocycles. The van der Waals surface area contributed by atoms with Crippen LogP contribution in [-0.2, 0) is 16.0 Å². The Morgan fingerprint density at radius 1 is 1.33 bits per heavy atom. The molecule has 0 atom stereocenters. The molecule has 1 aromatic carbocycles. The number of ether oxygens (including phenoxy) is 3. The Labute approximate surface area is 106 Å². The summed E-state index contributed by atoms with van der Waals surface area (Å²) in [6.07, 6.45) is 2.54. The minimum atomic E-state index is -0.298. The molecule has 1 heterocycles. The van der Waals surface area contributed by atoms with Gasteiger partial charge < -0.3 is 14.2 Å². The highest BCUT2D eigenvalue weighted by Gasteiger charge is 2.51. The van der Waals surface area contributed by atoms with Crippen LogP contribution in [0.3, 0.4) is 0 Å². The highest BCUT2D eigenvalue weighted by atomic mass is 16.7. The molecule has 4 nitrogen and oxygen atoms in total. The fraction of sp³-hybridized carbons (Fsp3) is 0.500. The van der Waals surface area contributed by atoms with Crippen molar-refractivity contribution in [1.82, 2.24) is 0 Å². The number of aryl methyl sites for hydroxylation is 1. The molecule has 1 aromatic rings. The van der Waals surface area contributed by atoms with Crippen molar-refractivity contribution in [3.8, 4) is 11.5 Å². The smallest absolute Gasteiger partial charge is 0.312 e. The van der Waals surface area contributed by atoms with Gasteiger partial charge in [-0.15, -0.1) is 0 Å². The van der Waals surface area contributed by atoms with Crippen molar-refractivity contribution in [2.45, 2.75) is 26.2 Å². The van der Waals surface area contributed by atoms with Crippen molar-refractivity contribution < 1.29 is 19.0 Å². The fourth-order valence-electron chi connectivity index (χ4n) is 2.46. The number of hydrogen-bond donors (Lipinski definition) is 0. The monoisotopic (exact) mass is 248 g/mol. The summed E-state index contributed by atoms with van der Waals surface area (Å²) in [5.74, 6) is 1.47. The summed E-state index contributed by atoms with van der Waals surface area (Å²) in [6.45, 7) is 2.31. The van der Waals surface area contributed by atoms with Crippen molar-refractivity contribution in [2.24, 2.45) is 5.41 Å². The molecular weight excluding hydrogens is 232 g/mol. The molecule has 4 heteroatoms. The van der Waals surface area contributed by atoms with Gasteiger partial charge in [-0.25, -0.2) is 0 Å². The molecule has 0 radical (unpaired) electrons. The maximum Gasteiger partial charge on any atom is 0.312 e. The van der Waals surface area contributed by atoms with E-state index in [4.69, 9.17) is 14.2 Å². The first-order chi connectivity index (χ1) is 8.64. The summed E-state index contributed by atoms with van der Waals surface area (Å²) in [5, 5.41) is 0. The molecule has 0 saturated heterocycles. The largest absolute Gasteiger partial charge is 0.469 e. The quantitative estimate of drug-likeness (QED) is 0.769. The van der Waals surface area contributed by atoms with Gasteiger partial charge in [-0.1, -0.05) is 0 Å². The third kappa shape index (κ3) is 1.72. The number of carbonyl (C=O) groups excluding carboxylic acids is 1. The molecule has 1 fully saturated rings. The molecule has 3 rings (SSSR count). The van der Waals surface area contributed by atoms with Crippen molar-refractivity contribution in [2.75, 3.05) is 13.9 Å². The lowest BCUT2D eigenvalue weighted by Crippen LogP contribution is -2.20. The van der Waals surface area contributed by atoms with Crippen LogP contribution in [0, 0.1) is 12.3 Å². The molecular formula is C14H16O4. The third-order valence-corrected chi connectivity index (χ3v) is 3.83. The van der Waals surface area contributed by atoms with Crippen molar-refractivity contribution in [3.63, 3.8) is 0 Å². The van der Waals surface area contributed by atoms with E-state index in [1.165, 1.54) is 7.11 Å². The van der Waals surface area contributed by atoms with E-state index >= 15 is 0 Å². The van der Waals surface area contributed by atoms with Crippen LogP contribution in [-0.4, -0.2) is 19.9 Å². The average molecular weight is 248 g/mol. The van der Waals surface area contributed by atoms with Crippen LogP contribution in [0.5, 0.6) is 11.5 Å². The van der Waals surface area contributed by atoms with Crippen molar-refractivity contribution >= 4 is 5.97 Å². The van der Waals surface area contributed by atoms with E-state index in [0.29, 0.717) is 0 Å². The highest BCUT2D eigenvalue weighted by molar-refractivity contribution is 5.80. The predicted octanol–water partition coefficient (Wildman–Crippen LogP) is 2.22. The predicted molar refractivity (Wildman–Crippen MR) is 64.7 cm³/mol. The maximum atomic E-state index is 11.8. The molecule has 0 amide bonds. The van der Waals surface area contributed by atoms with Crippen LogP contribution in [0.4, 0.5) is 0 Å². The molecule has 0 N–H and O–H groups in total. The van der Waals surface area contributed by atoms with Gasteiger partial charge in [0.05, 0.1) is 12.5 Å². The van der Waals surface area contributed by atoms with Crippen LogP contribution in [0.15, 0.2) is 12.1 Å². The molecule has 1 aliphatic heterocycles. The second-order valence-corrected chi connectivity index (χ2v) is 5.08. The Bertz CT molecular complexity index is 503. The first-order valence-corrected chi connectivity index (χ1v) is 6.12. The van der Waals surface area contributed by atoms with Crippen LogP contribution in [0.25, 0.3) is 0 Å². The maximum absolute atomic E-state index is 11.8. The van der Waals surface area contributed by atoms with Gasteiger partial charge in [0.2, 0.25) is 6.79 Å². The second-order valence-electron chi connectivity index (χ2n) is 5.08. The summed E-state index contributed by atoms with van der Waals surface area (Å²) in [5.41, 5.74) is 1.98. The number of rotatable bonds is 3. The lowest BCUT2D eigenvalue weighted by atomic mass is 9.93. The first kappa shape index (κ1) is 11.4. The second kappa shape index (κ2) is 3.90. The minimum Gasteiger partial charge on any atom is -0.469 e. The van der Waals surface area contributed by atoms with Crippen LogP contribution < -0.4 is 9.47 Å². The van der Waals surface area contributed by atoms with Gasteiger partial charge >= 0.3 is 5.97 Å². The Morgan fingerprint density at radius 3 is 2.61 bits per heavy atom. The lowest BCUT2D eigenvalue weighted by molar-refractivity contribution is -0.147. The topological polar surface area (TPSA) is 44.8 Å². The van der Waals surface area contributed by atoms with Crippen molar-refractivity contribution in [3.05, 3.63) is 23.3 Å². The average Bonchev–Trinajstić information content (AvgIpc) is 3.01. The van der Waals surface area contributed by atoms with Crippen molar-refractivity contribution in [1.29, 1.82) is 0 Å². The molecule has 0 bridgehead atoms. The SMILES string of the molecule is COC(=O)C1(Cc2cc3c(cc2C)OCO3)CC1. The summed E-state index contributed by atoms with van der Waals surface area (Å²) < 4.78 is 15.6. The Hall–Kier alpha value is -1.71. The van der Waals surface area contributed by atoms with Gasteiger partial charge in [-0.05, 0) is 49.4 Å². The molecule has 0 unspecified atom stereocenters. The fourth-order valence-corrected chi connectivity index (χ4v) is 2.46. The van der Waals surface area contributed by atoms with Crippen LogP contribution in [0.2, 0.25) is 0 Å². The van der Waals surface area contributed by atoms with E-state index in [1.54, 1.807) is 0 Å². The van der Waals surface area contributed by atoms with E-state index in [0.717, 1.165) is 41.9 Å². The zero-order valence-electron chi connectivity index (χ0n) is 10.6. The van der Waals surface area contributed by atoms with Crippen LogP contribution >= 0.6 is 0 Å². The zero-order valence-corrected chi connectivity index (χ0v) is 10.6. The highest BCUT2D eigenvalue weighted by Crippen LogP contribution is 2.50. The summed E-state index contributed by atoms with van der Waals surface area (Å²) in [6, 6.07) is 3.96. The number of hydrogen-bond acceptors (Lipinski definition) is 4. The number of benzene rings is 1. The van der Waals surface area contributed by atoms with Gasteiger partial charge in [0.15, 0.2) is 11.5 Å². The van der Waals surface area contributed by atoms with E-state index in [-0.39, 0.29) is 18.2 Å². The summed E-state index contributed by atoms with van der Waals surface area (Å²) in [7, 11) is 1.45.